The van der Waals surface area contributed by atoms with Crippen LogP contribution in [0.1, 0.15) is 36.0 Å². The monoisotopic (exact) mass is 370 g/mol. The predicted molar refractivity (Wildman–Crippen MR) is 81.7 cm³/mol. The molecule has 0 radical (unpaired) electrons. The lowest BCUT2D eigenvalue weighted by atomic mass is 10.1. The van der Waals surface area contributed by atoms with Gasteiger partial charge in [0.1, 0.15) is 0 Å². The van der Waals surface area contributed by atoms with E-state index in [4.69, 9.17) is 38.6 Å². The molecule has 4 nitrogen and oxygen atoms in total. The summed E-state index contributed by atoms with van der Waals surface area (Å²) < 4.78 is 27.9. The molecule has 1 fully saturated rings. The summed E-state index contributed by atoms with van der Waals surface area (Å²) in [6, 6.07) is 2.17. The first kappa shape index (κ1) is 16.9. The molecule has 0 aliphatic heterocycles. The lowest BCUT2D eigenvalue weighted by Gasteiger charge is -2.12. The van der Waals surface area contributed by atoms with Crippen molar-refractivity contribution in [1.29, 1.82) is 0 Å². The van der Waals surface area contributed by atoms with E-state index in [0.29, 0.717) is 12.5 Å². The maximum Gasteiger partial charge on any atom is 0.339 e. The number of carbonyl (C=O) groups is 1. The van der Waals surface area contributed by atoms with Gasteiger partial charge in [0.25, 0.3) is 9.05 Å². The number of esters is 1. The Kier molecular flexibility index (Phi) is 5.41. The number of carbonyl (C=O) groups excluding carboxylic acids is 1. The molecule has 1 saturated carbocycles. The molecule has 0 spiro atoms. The molecular weight excluding hydrogens is 359 g/mol. The van der Waals surface area contributed by atoms with Gasteiger partial charge in [0.05, 0.1) is 27.1 Å². The summed E-state index contributed by atoms with van der Waals surface area (Å²) >= 11 is 11.8. The minimum Gasteiger partial charge on any atom is -0.462 e. The van der Waals surface area contributed by atoms with Gasteiger partial charge < -0.3 is 4.74 Å². The van der Waals surface area contributed by atoms with E-state index in [-0.39, 0.29) is 20.5 Å². The number of hydrogen-bond acceptors (Lipinski definition) is 4. The van der Waals surface area contributed by atoms with E-state index < -0.39 is 15.0 Å². The van der Waals surface area contributed by atoms with Crippen molar-refractivity contribution in [2.24, 2.45) is 5.92 Å². The Hall–Kier alpha value is -0.490. The summed E-state index contributed by atoms with van der Waals surface area (Å²) in [7, 11) is 1.25. The predicted octanol–water partition coefficient (Wildman–Crippen LogP) is 4.27. The van der Waals surface area contributed by atoms with Gasteiger partial charge in [-0.05, 0) is 30.9 Å². The number of hydrogen-bond donors (Lipinski definition) is 0. The molecule has 0 bridgehead atoms. The van der Waals surface area contributed by atoms with Crippen molar-refractivity contribution in [2.45, 2.75) is 30.6 Å². The molecule has 0 heterocycles. The van der Waals surface area contributed by atoms with Gasteiger partial charge in [-0.1, -0.05) is 36.0 Å². The van der Waals surface area contributed by atoms with E-state index in [1.54, 1.807) is 0 Å². The molecule has 8 heteroatoms. The molecule has 0 atom stereocenters. The second-order valence-corrected chi connectivity index (χ2v) is 8.30. The van der Waals surface area contributed by atoms with Crippen molar-refractivity contribution < 1.29 is 17.9 Å². The Labute approximate surface area is 137 Å². The van der Waals surface area contributed by atoms with Crippen molar-refractivity contribution in [3.8, 4) is 0 Å². The van der Waals surface area contributed by atoms with Gasteiger partial charge in [0.2, 0.25) is 0 Å². The fourth-order valence-corrected chi connectivity index (χ4v) is 3.56. The first-order chi connectivity index (χ1) is 9.79. The van der Waals surface area contributed by atoms with Gasteiger partial charge in [-0.25, -0.2) is 13.2 Å². The molecule has 21 heavy (non-hydrogen) atoms. The quantitative estimate of drug-likeness (QED) is 0.586. The molecule has 1 aromatic carbocycles. The summed E-state index contributed by atoms with van der Waals surface area (Å²) in [6.45, 7) is 0.296. The molecule has 0 unspecified atom stereocenters. The molecule has 1 aromatic rings. The van der Waals surface area contributed by atoms with Crippen LogP contribution in [0.4, 0.5) is 0 Å². The maximum absolute atomic E-state index is 12.1. The topological polar surface area (TPSA) is 60.4 Å². The molecule has 1 aliphatic carbocycles. The van der Waals surface area contributed by atoms with E-state index in [1.807, 2.05) is 0 Å². The van der Waals surface area contributed by atoms with Gasteiger partial charge in [-0.3, -0.25) is 0 Å². The van der Waals surface area contributed by atoms with Crippen LogP contribution >= 0.6 is 33.9 Å². The van der Waals surface area contributed by atoms with Crippen LogP contribution in [0, 0.1) is 5.92 Å². The highest BCUT2D eigenvalue weighted by Crippen LogP contribution is 2.32. The largest absolute Gasteiger partial charge is 0.462 e. The first-order valence-corrected chi connectivity index (χ1v) is 9.46. The van der Waals surface area contributed by atoms with Crippen LogP contribution in [-0.2, 0) is 13.8 Å². The summed E-state index contributed by atoms with van der Waals surface area (Å²) in [5, 5.41) is -0.108. The number of halogens is 3. The Balaban J connectivity index is 2.21. The van der Waals surface area contributed by atoms with E-state index in [9.17, 15) is 13.2 Å². The lowest BCUT2D eigenvalue weighted by Crippen LogP contribution is -2.13. The van der Waals surface area contributed by atoms with Crippen molar-refractivity contribution >= 4 is 48.9 Å². The van der Waals surface area contributed by atoms with Crippen LogP contribution in [0.3, 0.4) is 0 Å². The molecule has 0 aromatic heterocycles. The average molecular weight is 372 g/mol. The van der Waals surface area contributed by atoms with Gasteiger partial charge in [0, 0.05) is 10.7 Å². The molecule has 0 amide bonds. The first-order valence-electron chi connectivity index (χ1n) is 6.40. The third kappa shape index (κ3) is 4.25. The number of rotatable bonds is 4. The van der Waals surface area contributed by atoms with Crippen molar-refractivity contribution in [3.05, 3.63) is 27.7 Å². The van der Waals surface area contributed by atoms with Crippen LogP contribution in [-0.4, -0.2) is 21.0 Å². The van der Waals surface area contributed by atoms with Crippen LogP contribution in [0.25, 0.3) is 0 Å². The van der Waals surface area contributed by atoms with Crippen molar-refractivity contribution in [1.82, 2.24) is 0 Å². The SMILES string of the molecule is O=C(OCC1CCCC1)c1cc(S(=O)(=O)Cl)cc(Cl)c1Cl. The number of benzene rings is 1. The zero-order chi connectivity index (χ0) is 15.6. The molecule has 116 valence electrons. The highest BCUT2D eigenvalue weighted by molar-refractivity contribution is 8.13. The van der Waals surface area contributed by atoms with E-state index >= 15 is 0 Å². The van der Waals surface area contributed by atoms with Gasteiger partial charge in [-0.15, -0.1) is 0 Å². The highest BCUT2D eigenvalue weighted by Gasteiger charge is 2.22. The fraction of sp³-hybridized carbons (Fsp3) is 0.462. The Morgan fingerprint density at radius 1 is 1.24 bits per heavy atom. The van der Waals surface area contributed by atoms with Gasteiger partial charge >= 0.3 is 5.97 Å². The average Bonchev–Trinajstić information content (AvgIpc) is 2.91. The molecular formula is C13H13Cl3O4S. The lowest BCUT2D eigenvalue weighted by molar-refractivity contribution is 0.0442. The van der Waals surface area contributed by atoms with E-state index in [0.717, 1.165) is 37.8 Å². The highest BCUT2D eigenvalue weighted by atomic mass is 35.7. The smallest absolute Gasteiger partial charge is 0.339 e. The maximum atomic E-state index is 12.1. The van der Waals surface area contributed by atoms with Crippen molar-refractivity contribution in [2.75, 3.05) is 6.61 Å². The minimum atomic E-state index is -4.01. The van der Waals surface area contributed by atoms with E-state index in [1.165, 1.54) is 0 Å². The van der Waals surface area contributed by atoms with Gasteiger partial charge in [0.15, 0.2) is 0 Å². The second kappa shape index (κ2) is 6.73. The van der Waals surface area contributed by atoms with Gasteiger partial charge in [-0.2, -0.15) is 0 Å². The molecule has 0 N–H and O–H groups in total. The molecule has 2 rings (SSSR count). The molecule has 0 saturated heterocycles. The summed E-state index contributed by atoms with van der Waals surface area (Å²) in [5.74, 6) is -0.348. The van der Waals surface area contributed by atoms with Crippen LogP contribution in [0.5, 0.6) is 0 Å². The van der Waals surface area contributed by atoms with Crippen LogP contribution < -0.4 is 0 Å². The summed E-state index contributed by atoms with van der Waals surface area (Å²) in [6.07, 6.45) is 4.32. The Morgan fingerprint density at radius 3 is 2.43 bits per heavy atom. The third-order valence-corrected chi connectivity index (χ3v) is 5.56. The normalized spacial score (nSPS) is 16.1. The second-order valence-electron chi connectivity index (χ2n) is 4.95. The fourth-order valence-electron chi connectivity index (χ4n) is 2.30. The van der Waals surface area contributed by atoms with Crippen molar-refractivity contribution in [3.63, 3.8) is 0 Å². The Bertz CT molecular complexity index is 652. The van der Waals surface area contributed by atoms with Crippen LogP contribution in [0.15, 0.2) is 17.0 Å². The Morgan fingerprint density at radius 2 is 1.86 bits per heavy atom. The third-order valence-electron chi connectivity index (χ3n) is 3.43. The number of ether oxygens (including phenoxy) is 1. The van der Waals surface area contributed by atoms with E-state index in [2.05, 4.69) is 0 Å². The minimum absolute atomic E-state index is 0.0443. The molecule has 1 aliphatic rings. The standard InChI is InChI=1S/C13H13Cl3O4S/c14-11-6-9(21(16,18)19)5-10(12(11)15)13(17)20-7-8-3-1-2-4-8/h5-6,8H,1-4,7H2. The van der Waals surface area contributed by atoms with Crippen LogP contribution in [0.2, 0.25) is 10.0 Å². The zero-order valence-corrected chi connectivity index (χ0v) is 14.0. The summed E-state index contributed by atoms with van der Waals surface area (Å²) in [5.41, 5.74) is -0.0959. The summed E-state index contributed by atoms with van der Waals surface area (Å²) in [4.78, 5) is 11.8. The zero-order valence-electron chi connectivity index (χ0n) is 10.9.